The highest BCUT2D eigenvalue weighted by Crippen LogP contribution is 2.33. The summed E-state index contributed by atoms with van der Waals surface area (Å²) in [5.41, 5.74) is 1.20. The molecule has 7 nitrogen and oxygen atoms in total. The van der Waals surface area contributed by atoms with E-state index in [2.05, 4.69) is 27.2 Å². The van der Waals surface area contributed by atoms with Crippen LogP contribution in [0.1, 0.15) is 68.3 Å². The van der Waals surface area contributed by atoms with Gasteiger partial charge >= 0.3 is 0 Å². The van der Waals surface area contributed by atoms with Crippen molar-refractivity contribution in [2.45, 2.75) is 63.6 Å². The SMILES string of the molecule is CC(C(=O)N1CCCCC1c1nnc(C2CCOCC2)o1)N(C)Cc1ccccc1. The van der Waals surface area contributed by atoms with Gasteiger partial charge in [0.25, 0.3) is 0 Å². The minimum Gasteiger partial charge on any atom is -0.423 e. The van der Waals surface area contributed by atoms with Crippen LogP contribution in [0.3, 0.4) is 0 Å². The fourth-order valence-electron chi connectivity index (χ4n) is 4.38. The lowest BCUT2D eigenvalue weighted by Gasteiger charge is -2.37. The van der Waals surface area contributed by atoms with E-state index in [0.29, 0.717) is 11.8 Å². The molecule has 7 heteroatoms. The lowest BCUT2D eigenvalue weighted by Crippen LogP contribution is -2.48. The number of rotatable bonds is 6. The van der Waals surface area contributed by atoms with Crippen molar-refractivity contribution in [3.8, 4) is 0 Å². The average Bonchev–Trinajstić information content (AvgIpc) is 3.29. The Morgan fingerprint density at radius 3 is 2.63 bits per heavy atom. The van der Waals surface area contributed by atoms with Crippen molar-refractivity contribution < 1.29 is 13.9 Å². The Kier molecular flexibility index (Phi) is 6.79. The van der Waals surface area contributed by atoms with Crippen molar-refractivity contribution in [1.82, 2.24) is 20.0 Å². The Balaban J connectivity index is 1.45. The van der Waals surface area contributed by atoms with E-state index >= 15 is 0 Å². The first-order chi connectivity index (χ1) is 14.6. The first-order valence-electron chi connectivity index (χ1n) is 11.1. The van der Waals surface area contributed by atoms with E-state index in [-0.39, 0.29) is 23.9 Å². The number of piperidine rings is 1. The molecule has 0 aliphatic carbocycles. The quantitative estimate of drug-likeness (QED) is 0.723. The molecule has 162 valence electrons. The molecule has 2 aliphatic heterocycles. The van der Waals surface area contributed by atoms with Crippen LogP contribution < -0.4 is 0 Å². The van der Waals surface area contributed by atoms with Gasteiger partial charge in [0.15, 0.2) is 0 Å². The largest absolute Gasteiger partial charge is 0.423 e. The third-order valence-corrected chi connectivity index (χ3v) is 6.39. The summed E-state index contributed by atoms with van der Waals surface area (Å²) in [7, 11) is 2.00. The summed E-state index contributed by atoms with van der Waals surface area (Å²) < 4.78 is 11.5. The molecule has 0 radical (unpaired) electrons. The Morgan fingerprint density at radius 2 is 1.87 bits per heavy atom. The van der Waals surface area contributed by atoms with Gasteiger partial charge in [-0.3, -0.25) is 9.69 Å². The number of benzene rings is 1. The van der Waals surface area contributed by atoms with Gasteiger partial charge in [-0.05, 0) is 51.6 Å². The molecule has 2 atom stereocenters. The van der Waals surface area contributed by atoms with Gasteiger partial charge in [0.05, 0.1) is 6.04 Å². The number of likely N-dealkylation sites (tertiary alicyclic amines) is 1. The molecule has 3 heterocycles. The van der Waals surface area contributed by atoms with Crippen LogP contribution in [-0.4, -0.2) is 58.8 Å². The van der Waals surface area contributed by atoms with Crippen molar-refractivity contribution in [2.75, 3.05) is 26.8 Å². The van der Waals surface area contributed by atoms with Crippen LogP contribution in [0, 0.1) is 0 Å². The smallest absolute Gasteiger partial charge is 0.240 e. The number of carbonyl (C=O) groups is 1. The van der Waals surface area contributed by atoms with E-state index in [0.717, 1.165) is 58.4 Å². The van der Waals surface area contributed by atoms with Gasteiger partial charge in [-0.2, -0.15) is 0 Å². The molecular formula is C23H32N4O3. The molecule has 0 bridgehead atoms. The summed E-state index contributed by atoms with van der Waals surface area (Å²) in [6, 6.07) is 9.91. The van der Waals surface area contributed by atoms with Crippen LogP contribution in [0.2, 0.25) is 0 Å². The van der Waals surface area contributed by atoms with Crippen LogP contribution in [0.4, 0.5) is 0 Å². The number of hydrogen-bond donors (Lipinski definition) is 0. The molecule has 2 aromatic rings. The second kappa shape index (κ2) is 9.71. The predicted molar refractivity (Wildman–Crippen MR) is 113 cm³/mol. The Labute approximate surface area is 178 Å². The standard InChI is InChI=1S/C23H32N4O3/c1-17(26(2)16-18-8-4-3-5-9-18)23(28)27-13-7-6-10-20(27)22-25-24-21(30-22)19-11-14-29-15-12-19/h3-5,8-9,17,19-20H,6-7,10-16H2,1-2H3. The van der Waals surface area contributed by atoms with Crippen molar-refractivity contribution in [3.05, 3.63) is 47.7 Å². The summed E-state index contributed by atoms with van der Waals surface area (Å²) in [5.74, 6) is 1.68. The molecule has 1 aromatic carbocycles. The van der Waals surface area contributed by atoms with Gasteiger partial charge < -0.3 is 14.1 Å². The second-order valence-corrected chi connectivity index (χ2v) is 8.49. The molecule has 0 N–H and O–H groups in total. The molecule has 1 aromatic heterocycles. The lowest BCUT2D eigenvalue weighted by atomic mass is 10.00. The van der Waals surface area contributed by atoms with Crippen molar-refractivity contribution in [1.29, 1.82) is 0 Å². The number of amides is 1. The lowest BCUT2D eigenvalue weighted by molar-refractivity contribution is -0.140. The van der Waals surface area contributed by atoms with E-state index in [4.69, 9.17) is 9.15 Å². The van der Waals surface area contributed by atoms with Gasteiger partial charge in [0, 0.05) is 32.2 Å². The maximum Gasteiger partial charge on any atom is 0.240 e. The number of nitrogens with zero attached hydrogens (tertiary/aromatic N) is 4. The van der Waals surface area contributed by atoms with Crippen LogP contribution in [0.15, 0.2) is 34.7 Å². The second-order valence-electron chi connectivity index (χ2n) is 8.49. The van der Waals surface area contributed by atoms with Crippen molar-refractivity contribution in [2.24, 2.45) is 0 Å². The summed E-state index contributed by atoms with van der Waals surface area (Å²) >= 11 is 0. The van der Waals surface area contributed by atoms with E-state index < -0.39 is 0 Å². The van der Waals surface area contributed by atoms with E-state index in [1.807, 2.05) is 37.1 Å². The fraction of sp³-hybridized carbons (Fsp3) is 0.609. The van der Waals surface area contributed by atoms with Gasteiger partial charge in [-0.15, -0.1) is 10.2 Å². The maximum atomic E-state index is 13.4. The minimum atomic E-state index is -0.219. The normalized spacial score (nSPS) is 21.7. The zero-order valence-corrected chi connectivity index (χ0v) is 18.0. The van der Waals surface area contributed by atoms with Crippen LogP contribution in [-0.2, 0) is 16.1 Å². The average molecular weight is 413 g/mol. The highest BCUT2D eigenvalue weighted by atomic mass is 16.5. The molecule has 2 saturated heterocycles. The fourth-order valence-corrected chi connectivity index (χ4v) is 4.38. The van der Waals surface area contributed by atoms with E-state index in [9.17, 15) is 4.79 Å². The molecular weight excluding hydrogens is 380 g/mol. The molecule has 0 spiro atoms. The number of likely N-dealkylation sites (N-methyl/N-ethyl adjacent to an activating group) is 1. The zero-order valence-electron chi connectivity index (χ0n) is 18.0. The zero-order chi connectivity index (χ0) is 20.9. The Morgan fingerprint density at radius 1 is 1.13 bits per heavy atom. The topological polar surface area (TPSA) is 71.7 Å². The summed E-state index contributed by atoms with van der Waals surface area (Å²) in [6.45, 7) is 4.93. The Hall–Kier alpha value is -2.25. The van der Waals surface area contributed by atoms with E-state index in [1.54, 1.807) is 0 Å². The first kappa shape index (κ1) is 21.0. The molecule has 2 unspecified atom stereocenters. The number of carbonyl (C=O) groups excluding carboxylic acids is 1. The number of hydrogen-bond acceptors (Lipinski definition) is 6. The molecule has 1 amide bonds. The summed E-state index contributed by atoms with van der Waals surface area (Å²) in [6.07, 6.45) is 4.78. The molecule has 30 heavy (non-hydrogen) atoms. The third kappa shape index (κ3) is 4.73. The number of aromatic nitrogens is 2. The predicted octanol–water partition coefficient (Wildman–Crippen LogP) is 3.54. The number of ether oxygens (including phenoxy) is 1. The molecule has 0 saturated carbocycles. The van der Waals surface area contributed by atoms with Crippen molar-refractivity contribution >= 4 is 5.91 Å². The molecule has 2 fully saturated rings. The van der Waals surface area contributed by atoms with Gasteiger partial charge in [-0.25, -0.2) is 0 Å². The molecule has 2 aliphatic rings. The van der Waals surface area contributed by atoms with Gasteiger partial charge in [-0.1, -0.05) is 30.3 Å². The van der Waals surface area contributed by atoms with Crippen LogP contribution >= 0.6 is 0 Å². The maximum absolute atomic E-state index is 13.4. The summed E-state index contributed by atoms with van der Waals surface area (Å²) in [4.78, 5) is 17.5. The first-order valence-corrected chi connectivity index (χ1v) is 11.1. The monoisotopic (exact) mass is 412 g/mol. The molecule has 4 rings (SSSR count). The Bertz CT molecular complexity index is 819. The van der Waals surface area contributed by atoms with Crippen LogP contribution in [0.25, 0.3) is 0 Å². The van der Waals surface area contributed by atoms with Gasteiger partial charge in [0.2, 0.25) is 17.7 Å². The van der Waals surface area contributed by atoms with Gasteiger partial charge in [0.1, 0.15) is 6.04 Å². The van der Waals surface area contributed by atoms with Crippen LogP contribution in [0.5, 0.6) is 0 Å². The minimum absolute atomic E-state index is 0.125. The third-order valence-electron chi connectivity index (χ3n) is 6.39. The summed E-state index contributed by atoms with van der Waals surface area (Å²) in [5, 5.41) is 8.68. The van der Waals surface area contributed by atoms with Crippen molar-refractivity contribution in [3.63, 3.8) is 0 Å². The highest BCUT2D eigenvalue weighted by Gasteiger charge is 2.35. The van der Waals surface area contributed by atoms with E-state index in [1.165, 1.54) is 5.56 Å². The highest BCUT2D eigenvalue weighted by molar-refractivity contribution is 5.82.